The van der Waals surface area contributed by atoms with Crippen molar-refractivity contribution >= 4 is 17.7 Å². The molecule has 1 aliphatic rings. The Labute approximate surface area is 176 Å². The molecule has 1 aromatic carbocycles. The summed E-state index contributed by atoms with van der Waals surface area (Å²) < 4.78 is 12.4. The zero-order valence-electron chi connectivity index (χ0n) is 17.9. The molecule has 0 aliphatic heterocycles. The Bertz CT molecular complexity index is 944. The van der Waals surface area contributed by atoms with Crippen molar-refractivity contribution in [3.63, 3.8) is 0 Å². The van der Waals surface area contributed by atoms with Crippen LogP contribution in [0, 0.1) is 13.8 Å². The molecule has 1 saturated carbocycles. The molecule has 1 amide bonds. The van der Waals surface area contributed by atoms with Gasteiger partial charge in [-0.15, -0.1) is 0 Å². The van der Waals surface area contributed by atoms with Gasteiger partial charge in [0, 0.05) is 24.3 Å². The molecule has 7 heteroatoms. The summed E-state index contributed by atoms with van der Waals surface area (Å²) in [6, 6.07) is 9.18. The van der Waals surface area contributed by atoms with E-state index in [0.717, 1.165) is 12.8 Å². The molecule has 2 aromatic rings. The van der Waals surface area contributed by atoms with Gasteiger partial charge in [-0.3, -0.25) is 9.59 Å². The summed E-state index contributed by atoms with van der Waals surface area (Å²) in [4.78, 5) is 39.8. The van der Waals surface area contributed by atoms with E-state index in [-0.39, 0.29) is 37.5 Å². The predicted molar refractivity (Wildman–Crippen MR) is 112 cm³/mol. The first kappa shape index (κ1) is 21.6. The van der Waals surface area contributed by atoms with E-state index < -0.39 is 5.97 Å². The van der Waals surface area contributed by atoms with Crippen LogP contribution >= 0.6 is 0 Å². The summed E-state index contributed by atoms with van der Waals surface area (Å²) >= 11 is 0. The van der Waals surface area contributed by atoms with Crippen molar-refractivity contribution < 1.29 is 23.9 Å². The van der Waals surface area contributed by atoms with Crippen LogP contribution in [0.1, 0.15) is 51.9 Å². The van der Waals surface area contributed by atoms with Gasteiger partial charge in [0.2, 0.25) is 0 Å². The number of esters is 1. The number of amides is 1. The first-order valence-corrected chi connectivity index (χ1v) is 10.2. The van der Waals surface area contributed by atoms with Gasteiger partial charge in [0.15, 0.2) is 12.4 Å². The highest BCUT2D eigenvalue weighted by Crippen LogP contribution is 2.29. The molecule has 1 aliphatic carbocycles. The number of ketones is 1. The molecule has 7 nitrogen and oxygen atoms in total. The number of hydrogen-bond donors (Lipinski definition) is 0. The Balaban J connectivity index is 1.75. The molecule has 0 radical (unpaired) electrons. The van der Waals surface area contributed by atoms with Gasteiger partial charge in [0.1, 0.15) is 11.4 Å². The third-order valence-electron chi connectivity index (χ3n) is 5.41. The highest BCUT2D eigenvalue weighted by Gasteiger charge is 2.35. The quantitative estimate of drug-likeness (QED) is 0.467. The van der Waals surface area contributed by atoms with E-state index in [9.17, 15) is 14.4 Å². The van der Waals surface area contributed by atoms with Crippen LogP contribution < -0.4 is 4.74 Å². The molecule has 0 spiro atoms. The lowest BCUT2D eigenvalue weighted by Gasteiger charge is -2.22. The molecule has 0 N–H and O–H groups in total. The van der Waals surface area contributed by atoms with E-state index in [1.54, 1.807) is 49.4 Å². The van der Waals surface area contributed by atoms with E-state index in [0.29, 0.717) is 28.3 Å². The topological polar surface area (TPSA) is 77.8 Å². The minimum absolute atomic E-state index is 0.0321. The average Bonchev–Trinajstić information content (AvgIpc) is 3.53. The van der Waals surface area contributed by atoms with Crippen molar-refractivity contribution in [1.29, 1.82) is 0 Å². The van der Waals surface area contributed by atoms with Gasteiger partial charge in [0.25, 0.3) is 5.91 Å². The van der Waals surface area contributed by atoms with Crippen LogP contribution in [0.15, 0.2) is 30.3 Å². The van der Waals surface area contributed by atoms with Crippen molar-refractivity contribution in [1.82, 2.24) is 9.47 Å². The monoisotopic (exact) mass is 412 g/mol. The number of Topliss-reactive ketones (excluding diaryl/α,β-unsaturated/α-hetero) is 1. The Morgan fingerprint density at radius 3 is 2.40 bits per heavy atom. The summed E-state index contributed by atoms with van der Waals surface area (Å²) in [7, 11) is 1.74. The van der Waals surface area contributed by atoms with Crippen LogP contribution in [0.3, 0.4) is 0 Å². The number of benzene rings is 1. The molecule has 1 heterocycles. The van der Waals surface area contributed by atoms with E-state index in [4.69, 9.17) is 9.47 Å². The van der Waals surface area contributed by atoms with Crippen molar-refractivity contribution in [2.24, 2.45) is 7.05 Å². The summed E-state index contributed by atoms with van der Waals surface area (Å²) in [5, 5.41) is 0. The van der Waals surface area contributed by atoms with Gasteiger partial charge in [-0.25, -0.2) is 4.79 Å². The number of carbonyl (C=O) groups excluding carboxylic acids is 3. The fourth-order valence-corrected chi connectivity index (χ4v) is 3.66. The van der Waals surface area contributed by atoms with E-state index in [1.807, 2.05) is 18.2 Å². The van der Waals surface area contributed by atoms with Gasteiger partial charge >= 0.3 is 5.97 Å². The van der Waals surface area contributed by atoms with Crippen LogP contribution in [0.2, 0.25) is 0 Å². The number of carbonyl (C=O) groups is 3. The number of para-hydroxylation sites is 1. The molecule has 1 aromatic heterocycles. The van der Waals surface area contributed by atoms with E-state index in [2.05, 4.69) is 0 Å². The molecule has 30 heavy (non-hydrogen) atoms. The lowest BCUT2D eigenvalue weighted by Crippen LogP contribution is -2.40. The fraction of sp³-hybridized carbons (Fsp3) is 0.435. The van der Waals surface area contributed by atoms with Crippen molar-refractivity contribution in [2.45, 2.75) is 39.7 Å². The second-order valence-corrected chi connectivity index (χ2v) is 7.49. The molecule has 3 rings (SSSR count). The molecule has 0 unspecified atom stereocenters. The maximum absolute atomic E-state index is 13.2. The van der Waals surface area contributed by atoms with E-state index in [1.165, 1.54) is 0 Å². The minimum Gasteiger partial charge on any atom is -0.484 e. The number of ether oxygens (including phenoxy) is 2. The molecule has 0 saturated heterocycles. The largest absolute Gasteiger partial charge is 0.484 e. The molecule has 0 bridgehead atoms. The van der Waals surface area contributed by atoms with Gasteiger partial charge in [-0.05, 0) is 51.3 Å². The molecular weight excluding hydrogens is 384 g/mol. The van der Waals surface area contributed by atoms with Crippen LogP contribution in [-0.2, 0) is 16.6 Å². The second-order valence-electron chi connectivity index (χ2n) is 7.49. The Morgan fingerprint density at radius 2 is 1.80 bits per heavy atom. The second kappa shape index (κ2) is 9.15. The summed E-state index contributed by atoms with van der Waals surface area (Å²) in [6.07, 6.45) is 1.76. The Hall–Kier alpha value is -3.09. The summed E-state index contributed by atoms with van der Waals surface area (Å²) in [6.45, 7) is 5.40. The van der Waals surface area contributed by atoms with Gasteiger partial charge in [-0.1, -0.05) is 18.2 Å². The number of nitrogens with zero attached hydrogens (tertiary/aromatic N) is 2. The number of rotatable bonds is 9. The lowest BCUT2D eigenvalue weighted by atomic mass is 10.1. The summed E-state index contributed by atoms with van der Waals surface area (Å²) in [5.41, 5.74) is 2.11. The third-order valence-corrected chi connectivity index (χ3v) is 5.41. The zero-order valence-corrected chi connectivity index (χ0v) is 17.9. The van der Waals surface area contributed by atoms with Crippen LogP contribution in [0.4, 0.5) is 0 Å². The third kappa shape index (κ3) is 4.56. The molecule has 1 fully saturated rings. The highest BCUT2D eigenvalue weighted by atomic mass is 16.5. The van der Waals surface area contributed by atoms with Crippen molar-refractivity contribution in [3.05, 3.63) is 52.8 Å². The molecular formula is C23H28N2O5. The summed E-state index contributed by atoms with van der Waals surface area (Å²) in [5.74, 6) is -0.240. The van der Waals surface area contributed by atoms with Crippen molar-refractivity contribution in [2.75, 3.05) is 19.8 Å². The first-order chi connectivity index (χ1) is 14.3. The predicted octanol–water partition coefficient (Wildman–Crippen LogP) is 3.07. The average molecular weight is 412 g/mol. The van der Waals surface area contributed by atoms with Crippen LogP contribution in [0.25, 0.3) is 0 Å². The standard InChI is InChI=1S/C23H28N2O5/c1-5-29-23(28)22-15(2)21(16(3)24(22)4)19(26)13-25(17-11-12-17)20(27)14-30-18-9-7-6-8-10-18/h6-10,17H,5,11-14H2,1-4H3. The highest BCUT2D eigenvalue weighted by molar-refractivity contribution is 6.04. The van der Waals surface area contributed by atoms with Crippen LogP contribution in [-0.4, -0.2) is 52.9 Å². The Kier molecular flexibility index (Phi) is 6.59. The minimum atomic E-state index is -0.453. The number of hydrogen-bond acceptors (Lipinski definition) is 5. The maximum atomic E-state index is 13.2. The normalized spacial score (nSPS) is 13.1. The van der Waals surface area contributed by atoms with Gasteiger partial charge in [0.05, 0.1) is 13.2 Å². The lowest BCUT2D eigenvalue weighted by molar-refractivity contribution is -0.133. The van der Waals surface area contributed by atoms with Gasteiger partial charge in [-0.2, -0.15) is 0 Å². The zero-order chi connectivity index (χ0) is 21.8. The first-order valence-electron chi connectivity index (χ1n) is 10.2. The fourth-order valence-electron chi connectivity index (χ4n) is 3.66. The van der Waals surface area contributed by atoms with E-state index >= 15 is 0 Å². The maximum Gasteiger partial charge on any atom is 0.355 e. The van der Waals surface area contributed by atoms with Crippen LogP contribution in [0.5, 0.6) is 5.75 Å². The SMILES string of the molecule is CCOC(=O)c1c(C)c(C(=O)CN(C(=O)COc2ccccc2)C2CC2)c(C)n1C. The Morgan fingerprint density at radius 1 is 1.13 bits per heavy atom. The molecule has 0 atom stereocenters. The van der Waals surface area contributed by atoms with Gasteiger partial charge < -0.3 is 18.9 Å². The van der Waals surface area contributed by atoms with Crippen molar-refractivity contribution in [3.8, 4) is 5.75 Å². The molecule has 160 valence electrons. The number of aromatic nitrogens is 1. The smallest absolute Gasteiger partial charge is 0.355 e.